The van der Waals surface area contributed by atoms with E-state index in [1.165, 1.54) is 11.8 Å². The number of carbonyl (C=O) groups is 1. The van der Waals surface area contributed by atoms with Crippen LogP contribution in [0.1, 0.15) is 12.8 Å². The van der Waals surface area contributed by atoms with E-state index in [-0.39, 0.29) is 0 Å². The zero-order valence-electron chi connectivity index (χ0n) is 5.54. The second-order valence-corrected chi connectivity index (χ2v) is 3.40. The first kappa shape index (κ1) is 7.63. The third kappa shape index (κ3) is 1.75. The highest BCUT2D eigenvalue weighted by Crippen LogP contribution is 2.26. The van der Waals surface area contributed by atoms with Gasteiger partial charge in [-0.05, 0) is 5.41 Å². The highest BCUT2D eigenvalue weighted by atomic mass is 32.2. The van der Waals surface area contributed by atoms with Crippen LogP contribution < -0.4 is 11.1 Å². The number of aldehydes is 1. The van der Waals surface area contributed by atoms with Crippen LogP contribution in [0, 0.1) is 0 Å². The minimum Gasteiger partial charge on any atom is -0.364 e. The zero-order chi connectivity index (χ0) is 7.45. The van der Waals surface area contributed by atoms with Gasteiger partial charge in [0, 0.05) is 19.0 Å². The van der Waals surface area contributed by atoms with Crippen molar-refractivity contribution in [3.8, 4) is 0 Å². The molecule has 0 amide bonds. The fourth-order valence-corrected chi connectivity index (χ4v) is 1.52. The molecule has 10 heavy (non-hydrogen) atoms. The normalized spacial score (nSPS) is 30.1. The van der Waals surface area contributed by atoms with E-state index >= 15 is 0 Å². The zero-order valence-corrected chi connectivity index (χ0v) is 6.36. The Kier molecular flexibility index (Phi) is 2.34. The largest absolute Gasteiger partial charge is 0.364 e. The van der Waals surface area contributed by atoms with Crippen LogP contribution in [0.25, 0.3) is 0 Å². The lowest BCUT2D eigenvalue weighted by Crippen LogP contribution is -2.45. The van der Waals surface area contributed by atoms with Crippen molar-refractivity contribution in [1.82, 2.24) is 5.32 Å². The van der Waals surface area contributed by atoms with Crippen LogP contribution in [0.15, 0.2) is 11.6 Å². The molecule has 0 fully saturated rings. The molecule has 56 valence electrons. The van der Waals surface area contributed by atoms with Crippen molar-refractivity contribution in [3.05, 3.63) is 11.6 Å². The number of nitrogens with one attached hydrogen (secondary N) is 1. The van der Waals surface area contributed by atoms with Crippen LogP contribution in [-0.4, -0.2) is 11.3 Å². The van der Waals surface area contributed by atoms with E-state index in [1.54, 1.807) is 6.20 Å². The van der Waals surface area contributed by atoms with E-state index in [4.69, 9.17) is 5.73 Å². The highest BCUT2D eigenvalue weighted by molar-refractivity contribution is 8.03. The van der Waals surface area contributed by atoms with Gasteiger partial charge in [-0.15, -0.1) is 0 Å². The molecule has 0 radical (unpaired) electrons. The quantitative estimate of drug-likeness (QED) is 0.583. The lowest BCUT2D eigenvalue weighted by molar-refractivity contribution is -0.108. The van der Waals surface area contributed by atoms with Crippen molar-refractivity contribution in [2.75, 3.05) is 0 Å². The smallest absolute Gasteiger partial charge is 0.138 e. The van der Waals surface area contributed by atoms with Gasteiger partial charge in [0.1, 0.15) is 11.3 Å². The van der Waals surface area contributed by atoms with Gasteiger partial charge < -0.3 is 10.1 Å². The van der Waals surface area contributed by atoms with Gasteiger partial charge in [-0.2, -0.15) is 0 Å². The van der Waals surface area contributed by atoms with Crippen LogP contribution in [-0.2, 0) is 4.79 Å². The van der Waals surface area contributed by atoms with Crippen molar-refractivity contribution < 1.29 is 4.79 Å². The molecule has 0 saturated carbocycles. The first-order valence-electron chi connectivity index (χ1n) is 3.10. The first-order chi connectivity index (χ1) is 4.77. The number of rotatable bonds is 3. The van der Waals surface area contributed by atoms with E-state index in [2.05, 4.69) is 5.32 Å². The molecule has 0 saturated heterocycles. The number of thioether (sulfide) groups is 1. The van der Waals surface area contributed by atoms with E-state index < -0.39 is 4.99 Å². The Balaban J connectivity index is 2.31. The van der Waals surface area contributed by atoms with Crippen LogP contribution in [0.3, 0.4) is 0 Å². The molecular formula is C6H10N2OS. The second kappa shape index (κ2) is 3.07. The molecule has 0 bridgehead atoms. The monoisotopic (exact) mass is 158 g/mol. The summed E-state index contributed by atoms with van der Waals surface area (Å²) in [7, 11) is 0. The molecule has 1 heterocycles. The predicted molar refractivity (Wildman–Crippen MR) is 42.1 cm³/mol. The van der Waals surface area contributed by atoms with Gasteiger partial charge in [-0.1, -0.05) is 11.8 Å². The summed E-state index contributed by atoms with van der Waals surface area (Å²) in [6, 6.07) is 0. The van der Waals surface area contributed by atoms with Gasteiger partial charge in [0.25, 0.3) is 0 Å². The Morgan fingerprint density at radius 1 is 1.80 bits per heavy atom. The number of hydrogen-bond donors (Lipinski definition) is 2. The fraction of sp³-hybridized carbons (Fsp3) is 0.500. The maximum atomic E-state index is 9.99. The summed E-state index contributed by atoms with van der Waals surface area (Å²) in [5.74, 6) is 0. The summed E-state index contributed by atoms with van der Waals surface area (Å²) >= 11 is 1.51. The molecule has 1 rings (SSSR count). The Hall–Kier alpha value is -0.480. The maximum Gasteiger partial charge on any atom is 0.138 e. The van der Waals surface area contributed by atoms with E-state index in [9.17, 15) is 4.79 Å². The van der Waals surface area contributed by atoms with Crippen LogP contribution in [0.4, 0.5) is 0 Å². The lowest BCUT2D eigenvalue weighted by atomic mass is 10.3. The van der Waals surface area contributed by atoms with Gasteiger partial charge in [-0.3, -0.25) is 5.73 Å². The van der Waals surface area contributed by atoms with Crippen molar-refractivity contribution in [3.63, 3.8) is 0 Å². The third-order valence-electron chi connectivity index (χ3n) is 1.31. The molecule has 1 unspecified atom stereocenters. The molecule has 3 nitrogen and oxygen atoms in total. The van der Waals surface area contributed by atoms with Crippen molar-refractivity contribution >= 4 is 18.0 Å². The Labute approximate surface area is 64.0 Å². The minimum atomic E-state index is -0.430. The molecule has 0 spiro atoms. The number of hydrogen-bond acceptors (Lipinski definition) is 4. The highest BCUT2D eigenvalue weighted by Gasteiger charge is 2.25. The number of carbonyl (C=O) groups excluding carboxylic acids is 1. The molecular weight excluding hydrogens is 148 g/mol. The average molecular weight is 158 g/mol. The van der Waals surface area contributed by atoms with Gasteiger partial charge >= 0.3 is 0 Å². The Morgan fingerprint density at radius 3 is 3.10 bits per heavy atom. The van der Waals surface area contributed by atoms with Gasteiger partial charge in [-0.25, -0.2) is 0 Å². The van der Waals surface area contributed by atoms with E-state index in [0.717, 1.165) is 6.29 Å². The maximum absolute atomic E-state index is 9.99. The fourth-order valence-electron chi connectivity index (χ4n) is 0.769. The Morgan fingerprint density at radius 2 is 2.60 bits per heavy atom. The molecule has 3 N–H and O–H groups in total. The standard InChI is InChI=1S/C6H10N2OS/c7-6(2-1-4-9)8-3-5-10-6/h3-5,8H,1-2,7H2. The summed E-state index contributed by atoms with van der Waals surface area (Å²) in [5, 5.41) is 4.86. The molecule has 0 aromatic heterocycles. The average Bonchev–Trinajstić information content (AvgIpc) is 2.33. The van der Waals surface area contributed by atoms with Gasteiger partial charge in [0.2, 0.25) is 0 Å². The third-order valence-corrected chi connectivity index (χ3v) is 2.32. The van der Waals surface area contributed by atoms with E-state index in [1.807, 2.05) is 5.41 Å². The van der Waals surface area contributed by atoms with Gasteiger partial charge in [0.15, 0.2) is 0 Å². The molecule has 1 aliphatic rings. The lowest BCUT2D eigenvalue weighted by Gasteiger charge is -2.22. The van der Waals surface area contributed by atoms with Crippen molar-refractivity contribution in [1.29, 1.82) is 0 Å². The van der Waals surface area contributed by atoms with E-state index in [0.29, 0.717) is 12.8 Å². The topological polar surface area (TPSA) is 55.1 Å². The predicted octanol–water partition coefficient (Wildman–Crippen LogP) is 0.386. The number of nitrogens with two attached hydrogens (primary N) is 1. The summed E-state index contributed by atoms with van der Waals surface area (Å²) in [4.78, 5) is 9.56. The summed E-state index contributed by atoms with van der Waals surface area (Å²) in [6.07, 6.45) is 3.87. The molecule has 0 aliphatic carbocycles. The van der Waals surface area contributed by atoms with Crippen LogP contribution >= 0.6 is 11.8 Å². The molecule has 1 aliphatic heterocycles. The van der Waals surface area contributed by atoms with Crippen molar-refractivity contribution in [2.45, 2.75) is 17.8 Å². The summed E-state index contributed by atoms with van der Waals surface area (Å²) in [6.45, 7) is 0. The SMILES string of the molecule is NC1(CCC=O)NC=CS1. The summed E-state index contributed by atoms with van der Waals surface area (Å²) < 4.78 is 0. The van der Waals surface area contributed by atoms with Crippen LogP contribution in [0.5, 0.6) is 0 Å². The molecule has 0 aromatic rings. The Bertz CT molecular complexity index is 150. The molecule has 1 atom stereocenters. The summed E-state index contributed by atoms with van der Waals surface area (Å²) in [5.41, 5.74) is 5.78. The first-order valence-corrected chi connectivity index (χ1v) is 3.98. The van der Waals surface area contributed by atoms with Crippen molar-refractivity contribution in [2.24, 2.45) is 5.73 Å². The molecule has 0 aromatic carbocycles. The van der Waals surface area contributed by atoms with Crippen LogP contribution in [0.2, 0.25) is 0 Å². The minimum absolute atomic E-state index is 0.430. The van der Waals surface area contributed by atoms with Gasteiger partial charge in [0.05, 0.1) is 0 Å². The molecule has 4 heteroatoms. The second-order valence-electron chi connectivity index (χ2n) is 2.16.